The lowest BCUT2D eigenvalue weighted by Gasteiger charge is -1.89. The van der Waals surface area contributed by atoms with Crippen LogP contribution >= 0.6 is 11.8 Å². The van der Waals surface area contributed by atoms with Gasteiger partial charge in [-0.25, -0.2) is 9.97 Å². The number of hydrogen-bond acceptors (Lipinski definition) is 5. The number of nitrogen functional groups attached to an aromatic ring is 1. The normalized spacial score (nSPS) is 11.4. The lowest BCUT2D eigenvalue weighted by atomic mass is 10.3. The van der Waals surface area contributed by atoms with Gasteiger partial charge in [-0.05, 0) is 30.3 Å². The molecule has 0 spiro atoms. The number of fused-ring (bicyclic) bond motifs is 2. The molecule has 2 heterocycles. The second kappa shape index (κ2) is 4.28. The summed E-state index contributed by atoms with van der Waals surface area (Å²) in [5.74, 6) is 0. The van der Waals surface area contributed by atoms with Crippen molar-refractivity contribution in [3.63, 3.8) is 0 Å². The van der Waals surface area contributed by atoms with Gasteiger partial charge in [-0.15, -0.1) is 0 Å². The molecule has 6 heteroatoms. The smallest absolute Gasteiger partial charge is 0.264 e. The first-order valence-electron chi connectivity index (χ1n) is 6.06. The summed E-state index contributed by atoms with van der Waals surface area (Å²) in [6.45, 7) is 0. The third-order valence-electron chi connectivity index (χ3n) is 2.94. The van der Waals surface area contributed by atoms with E-state index in [4.69, 9.17) is 10.2 Å². The Labute approximate surface area is 118 Å². The third-order valence-corrected chi connectivity index (χ3v) is 3.68. The lowest BCUT2D eigenvalue weighted by Crippen LogP contribution is -1.82. The van der Waals surface area contributed by atoms with Gasteiger partial charge in [0.2, 0.25) is 0 Å². The first kappa shape index (κ1) is 11.4. The molecule has 0 aliphatic carbocycles. The average molecular weight is 282 g/mol. The molecule has 4 rings (SSSR count). The number of H-pyrrole nitrogens is 1. The molecule has 0 fully saturated rings. The van der Waals surface area contributed by atoms with E-state index in [2.05, 4.69) is 15.0 Å². The summed E-state index contributed by atoms with van der Waals surface area (Å²) in [6, 6.07) is 13.2. The second-order valence-corrected chi connectivity index (χ2v) is 5.31. The van der Waals surface area contributed by atoms with Crippen LogP contribution in [0.1, 0.15) is 0 Å². The van der Waals surface area contributed by atoms with E-state index in [1.54, 1.807) is 0 Å². The largest absolute Gasteiger partial charge is 0.431 e. The maximum Gasteiger partial charge on any atom is 0.264 e. The predicted octanol–water partition coefficient (Wildman–Crippen LogP) is 3.44. The minimum absolute atomic E-state index is 0.568. The van der Waals surface area contributed by atoms with E-state index in [1.807, 2.05) is 42.5 Å². The molecule has 0 bridgehead atoms. The Balaban J connectivity index is 1.72. The van der Waals surface area contributed by atoms with Crippen LogP contribution in [0.15, 0.2) is 57.3 Å². The Morgan fingerprint density at radius 1 is 1.05 bits per heavy atom. The molecule has 0 radical (unpaired) electrons. The standard InChI is InChI=1S/C14H10N4OS/c15-8-5-6-9-11(7-8)17-13(16-9)20-14-18-10-3-1-2-4-12(10)19-14/h1-7H,15H2,(H,16,17). The van der Waals surface area contributed by atoms with Crippen molar-refractivity contribution in [2.24, 2.45) is 0 Å². The molecule has 2 aromatic heterocycles. The van der Waals surface area contributed by atoms with Gasteiger partial charge in [0.1, 0.15) is 5.52 Å². The van der Waals surface area contributed by atoms with E-state index in [-0.39, 0.29) is 0 Å². The van der Waals surface area contributed by atoms with Gasteiger partial charge < -0.3 is 15.1 Å². The number of anilines is 1. The molecule has 0 atom stereocenters. The number of benzene rings is 2. The monoisotopic (exact) mass is 282 g/mol. The van der Waals surface area contributed by atoms with E-state index >= 15 is 0 Å². The van der Waals surface area contributed by atoms with Gasteiger partial charge in [-0.1, -0.05) is 12.1 Å². The Hall–Kier alpha value is -2.47. The van der Waals surface area contributed by atoms with Crippen molar-refractivity contribution in [2.75, 3.05) is 5.73 Å². The van der Waals surface area contributed by atoms with Gasteiger partial charge >= 0.3 is 0 Å². The number of oxazole rings is 1. The van der Waals surface area contributed by atoms with Crippen LogP contribution in [0.2, 0.25) is 0 Å². The van der Waals surface area contributed by atoms with Crippen LogP contribution in [-0.2, 0) is 0 Å². The number of nitrogens with two attached hydrogens (primary N) is 1. The van der Waals surface area contributed by atoms with E-state index in [0.717, 1.165) is 27.3 Å². The molecule has 4 aromatic rings. The summed E-state index contributed by atoms with van der Waals surface area (Å²) in [5, 5.41) is 1.30. The summed E-state index contributed by atoms with van der Waals surface area (Å²) >= 11 is 1.36. The third kappa shape index (κ3) is 1.90. The zero-order valence-electron chi connectivity index (χ0n) is 10.3. The van der Waals surface area contributed by atoms with Gasteiger partial charge in [-0.3, -0.25) is 0 Å². The van der Waals surface area contributed by atoms with Crippen molar-refractivity contribution in [3.8, 4) is 0 Å². The average Bonchev–Trinajstić information content (AvgIpc) is 3.00. The van der Waals surface area contributed by atoms with Crippen molar-refractivity contribution in [3.05, 3.63) is 42.5 Å². The lowest BCUT2D eigenvalue weighted by molar-refractivity contribution is 0.489. The maximum absolute atomic E-state index is 5.75. The molecule has 20 heavy (non-hydrogen) atoms. The molecule has 3 N–H and O–H groups in total. The van der Waals surface area contributed by atoms with Crippen LogP contribution in [-0.4, -0.2) is 15.0 Å². The van der Waals surface area contributed by atoms with Crippen LogP contribution in [0.4, 0.5) is 5.69 Å². The Morgan fingerprint density at radius 3 is 2.85 bits per heavy atom. The summed E-state index contributed by atoms with van der Waals surface area (Å²) in [5.41, 5.74) is 9.85. The number of rotatable bonds is 2. The highest BCUT2D eigenvalue weighted by Crippen LogP contribution is 2.29. The fraction of sp³-hybridized carbons (Fsp3) is 0. The van der Waals surface area contributed by atoms with Gasteiger partial charge in [0.05, 0.1) is 11.0 Å². The first-order valence-corrected chi connectivity index (χ1v) is 6.88. The van der Waals surface area contributed by atoms with Crippen molar-refractivity contribution in [2.45, 2.75) is 10.4 Å². The van der Waals surface area contributed by atoms with Crippen LogP contribution < -0.4 is 5.73 Å². The number of nitrogens with zero attached hydrogens (tertiary/aromatic N) is 2. The number of imidazole rings is 1. The predicted molar refractivity (Wildman–Crippen MR) is 78.6 cm³/mol. The minimum atomic E-state index is 0.568. The molecule has 0 saturated heterocycles. The summed E-state index contributed by atoms with van der Waals surface area (Å²) in [6.07, 6.45) is 0. The fourth-order valence-corrected chi connectivity index (χ4v) is 2.78. The molecule has 5 nitrogen and oxygen atoms in total. The number of aromatic amines is 1. The Kier molecular flexibility index (Phi) is 2.43. The number of aromatic nitrogens is 3. The highest BCUT2D eigenvalue weighted by molar-refractivity contribution is 7.99. The maximum atomic E-state index is 5.75. The zero-order chi connectivity index (χ0) is 13.5. The fourth-order valence-electron chi connectivity index (χ4n) is 2.03. The highest BCUT2D eigenvalue weighted by atomic mass is 32.2. The zero-order valence-corrected chi connectivity index (χ0v) is 11.1. The van der Waals surface area contributed by atoms with Gasteiger partial charge in [0, 0.05) is 17.4 Å². The molecule has 0 saturated carbocycles. The van der Waals surface area contributed by atoms with Gasteiger partial charge in [0.15, 0.2) is 10.7 Å². The quantitative estimate of drug-likeness (QED) is 0.550. The number of hydrogen-bond donors (Lipinski definition) is 2. The van der Waals surface area contributed by atoms with Crippen LogP contribution in [0.3, 0.4) is 0 Å². The SMILES string of the molecule is Nc1ccc2nc(Sc3nc4ccccc4o3)[nH]c2c1. The number of para-hydroxylation sites is 2. The number of nitrogens with one attached hydrogen (secondary N) is 1. The molecule has 2 aromatic carbocycles. The topological polar surface area (TPSA) is 80.7 Å². The summed E-state index contributed by atoms with van der Waals surface area (Å²) in [7, 11) is 0. The minimum Gasteiger partial charge on any atom is -0.431 e. The van der Waals surface area contributed by atoms with Gasteiger partial charge in [-0.2, -0.15) is 0 Å². The molecule has 0 unspecified atom stereocenters. The van der Waals surface area contributed by atoms with Crippen LogP contribution in [0, 0.1) is 0 Å². The Morgan fingerprint density at radius 2 is 1.95 bits per heavy atom. The van der Waals surface area contributed by atoms with Crippen LogP contribution in [0.5, 0.6) is 0 Å². The van der Waals surface area contributed by atoms with Crippen molar-refractivity contribution in [1.82, 2.24) is 15.0 Å². The van der Waals surface area contributed by atoms with E-state index < -0.39 is 0 Å². The molecule has 0 aliphatic rings. The molecule has 0 amide bonds. The molecule has 98 valence electrons. The van der Waals surface area contributed by atoms with Crippen molar-refractivity contribution >= 4 is 39.6 Å². The molecular weight excluding hydrogens is 272 g/mol. The van der Waals surface area contributed by atoms with E-state index in [9.17, 15) is 0 Å². The summed E-state index contributed by atoms with van der Waals surface area (Å²) < 4.78 is 5.66. The highest BCUT2D eigenvalue weighted by Gasteiger charge is 2.10. The second-order valence-electron chi connectivity index (χ2n) is 4.37. The van der Waals surface area contributed by atoms with Gasteiger partial charge in [0.25, 0.3) is 5.22 Å². The Bertz CT molecular complexity index is 879. The van der Waals surface area contributed by atoms with Crippen molar-refractivity contribution in [1.29, 1.82) is 0 Å². The molecule has 0 aliphatic heterocycles. The van der Waals surface area contributed by atoms with Crippen molar-refractivity contribution < 1.29 is 4.42 Å². The van der Waals surface area contributed by atoms with Crippen LogP contribution in [0.25, 0.3) is 22.1 Å². The summed E-state index contributed by atoms with van der Waals surface area (Å²) in [4.78, 5) is 12.1. The first-order chi connectivity index (χ1) is 9.78. The molecular formula is C14H10N4OS. The van der Waals surface area contributed by atoms with E-state index in [1.165, 1.54) is 11.8 Å². The van der Waals surface area contributed by atoms with E-state index in [0.29, 0.717) is 10.9 Å².